The van der Waals surface area contributed by atoms with Gasteiger partial charge in [0.05, 0.1) is 12.2 Å². The molecule has 1 aliphatic heterocycles. The maximum atomic E-state index is 13.9. The first-order valence-corrected chi connectivity index (χ1v) is 10.1. The van der Waals surface area contributed by atoms with Crippen molar-refractivity contribution in [1.82, 2.24) is 5.32 Å². The Balaban J connectivity index is 2.16. The van der Waals surface area contributed by atoms with Gasteiger partial charge in [-0.3, -0.25) is 14.9 Å². The van der Waals surface area contributed by atoms with Crippen molar-refractivity contribution in [3.63, 3.8) is 0 Å². The van der Waals surface area contributed by atoms with Gasteiger partial charge in [0.2, 0.25) is 0 Å². The molecule has 162 valence electrons. The molecule has 6 heteroatoms. The molecule has 2 aromatic rings. The summed E-state index contributed by atoms with van der Waals surface area (Å²) in [5.74, 6) is -0.832. The molecule has 0 unspecified atom stereocenters. The number of nitrogens with zero attached hydrogens (tertiary/aromatic N) is 1. The smallest absolute Gasteiger partial charge is 0.409 e. The number of aryl methyl sites for hydroxylation is 1. The molecule has 0 fully saturated rings. The number of carbonyl (C=O) groups excluding carboxylic acids is 3. The fourth-order valence-corrected chi connectivity index (χ4v) is 3.74. The van der Waals surface area contributed by atoms with Crippen LogP contribution in [0.15, 0.2) is 60.7 Å². The Morgan fingerprint density at radius 1 is 1.13 bits per heavy atom. The highest BCUT2D eigenvalue weighted by Gasteiger charge is 2.55. The number of ether oxygens (including phenoxy) is 1. The van der Waals surface area contributed by atoms with Gasteiger partial charge >= 0.3 is 6.09 Å². The molecule has 2 aromatic carbocycles. The molecule has 31 heavy (non-hydrogen) atoms. The first kappa shape index (κ1) is 22.3. The molecule has 0 spiro atoms. The number of nitrogens with one attached hydrogen (secondary N) is 1. The third kappa shape index (κ3) is 4.24. The quantitative estimate of drug-likeness (QED) is 0.727. The number of amides is 2. The minimum absolute atomic E-state index is 0.00855. The van der Waals surface area contributed by atoms with Crippen molar-refractivity contribution in [1.29, 1.82) is 0 Å². The van der Waals surface area contributed by atoms with Crippen molar-refractivity contribution in [3.05, 3.63) is 77.4 Å². The van der Waals surface area contributed by atoms with Crippen LogP contribution in [0.1, 0.15) is 44.4 Å². The van der Waals surface area contributed by atoms with Crippen molar-refractivity contribution in [3.8, 4) is 0 Å². The molecule has 1 N–H and O–H groups in total. The zero-order chi connectivity index (χ0) is 23.0. The number of hydrogen-bond donors (Lipinski definition) is 1. The van der Waals surface area contributed by atoms with E-state index in [-0.39, 0.29) is 5.57 Å². The topological polar surface area (TPSA) is 75.7 Å². The summed E-state index contributed by atoms with van der Waals surface area (Å²) >= 11 is 0. The number of rotatable bonds is 5. The van der Waals surface area contributed by atoms with E-state index in [4.69, 9.17) is 4.74 Å². The highest BCUT2D eigenvalue weighted by molar-refractivity contribution is 6.16. The lowest BCUT2D eigenvalue weighted by molar-refractivity contribution is -0.125. The van der Waals surface area contributed by atoms with Crippen LogP contribution >= 0.6 is 0 Å². The van der Waals surface area contributed by atoms with E-state index in [2.05, 4.69) is 11.9 Å². The summed E-state index contributed by atoms with van der Waals surface area (Å²) in [6, 6.07) is 15.1. The van der Waals surface area contributed by atoms with Gasteiger partial charge in [0, 0.05) is 11.1 Å². The number of alkyl carbamates (subject to hydrolysis) is 1. The van der Waals surface area contributed by atoms with E-state index in [1.807, 2.05) is 55.5 Å². The van der Waals surface area contributed by atoms with E-state index >= 15 is 0 Å². The molecular weight excluding hydrogens is 392 g/mol. The van der Waals surface area contributed by atoms with Crippen LogP contribution in [0.2, 0.25) is 0 Å². The minimum Gasteiger partial charge on any atom is -0.444 e. The van der Waals surface area contributed by atoms with Gasteiger partial charge in [-0.1, -0.05) is 54.6 Å². The van der Waals surface area contributed by atoms with E-state index in [0.717, 1.165) is 11.1 Å². The number of anilines is 1. The highest BCUT2D eigenvalue weighted by Crippen LogP contribution is 2.45. The Kier molecular flexibility index (Phi) is 5.77. The van der Waals surface area contributed by atoms with E-state index in [1.54, 1.807) is 25.7 Å². The van der Waals surface area contributed by atoms with Crippen LogP contribution in [0.4, 0.5) is 10.5 Å². The molecule has 0 bridgehead atoms. The van der Waals surface area contributed by atoms with Gasteiger partial charge in [-0.05, 0) is 46.2 Å². The average Bonchev–Trinajstić information content (AvgIpc) is 2.89. The van der Waals surface area contributed by atoms with Crippen LogP contribution in [0, 0.1) is 6.92 Å². The molecular formula is C25H28N2O4. The van der Waals surface area contributed by atoms with Crippen molar-refractivity contribution < 1.29 is 19.1 Å². The summed E-state index contributed by atoms with van der Waals surface area (Å²) in [6.45, 7) is 12.6. The van der Waals surface area contributed by atoms with Gasteiger partial charge in [-0.2, -0.15) is 0 Å². The van der Waals surface area contributed by atoms with Crippen LogP contribution in [-0.2, 0) is 26.4 Å². The van der Waals surface area contributed by atoms with Crippen molar-refractivity contribution in [2.45, 2.75) is 52.3 Å². The molecule has 1 heterocycles. The molecule has 0 aliphatic carbocycles. The average molecular weight is 421 g/mol. The molecule has 2 amide bonds. The first-order valence-electron chi connectivity index (χ1n) is 10.1. The summed E-state index contributed by atoms with van der Waals surface area (Å²) in [4.78, 5) is 40.7. The zero-order valence-corrected chi connectivity index (χ0v) is 18.6. The largest absolute Gasteiger partial charge is 0.444 e. The van der Waals surface area contributed by atoms with Crippen molar-refractivity contribution >= 4 is 23.5 Å². The second-order valence-corrected chi connectivity index (χ2v) is 8.81. The van der Waals surface area contributed by atoms with E-state index in [1.165, 1.54) is 6.92 Å². The van der Waals surface area contributed by atoms with Crippen LogP contribution < -0.4 is 10.2 Å². The summed E-state index contributed by atoms with van der Waals surface area (Å²) in [6.07, 6.45) is -0.794. The molecule has 3 rings (SSSR count). The zero-order valence-electron chi connectivity index (χ0n) is 18.6. The van der Waals surface area contributed by atoms with Gasteiger partial charge < -0.3 is 9.64 Å². The third-order valence-corrected chi connectivity index (χ3v) is 5.16. The highest BCUT2D eigenvalue weighted by atomic mass is 16.6. The van der Waals surface area contributed by atoms with Crippen LogP contribution in [0.3, 0.4) is 0 Å². The minimum atomic E-state index is -1.73. The summed E-state index contributed by atoms with van der Waals surface area (Å²) in [5.41, 5.74) is 0.431. The molecule has 1 aliphatic rings. The van der Waals surface area contributed by atoms with E-state index in [9.17, 15) is 14.4 Å². The lowest BCUT2D eigenvalue weighted by atomic mass is 9.82. The third-order valence-electron chi connectivity index (χ3n) is 5.16. The van der Waals surface area contributed by atoms with Crippen molar-refractivity contribution in [2.24, 2.45) is 0 Å². The Labute approximate surface area is 182 Å². The second kappa shape index (κ2) is 8.02. The molecule has 0 saturated heterocycles. The van der Waals surface area contributed by atoms with Gasteiger partial charge in [-0.15, -0.1) is 0 Å². The first-order chi connectivity index (χ1) is 14.5. The van der Waals surface area contributed by atoms with E-state index < -0.39 is 28.9 Å². The van der Waals surface area contributed by atoms with Gasteiger partial charge in [-0.25, -0.2) is 4.79 Å². The lowest BCUT2D eigenvalue weighted by Gasteiger charge is -2.32. The SMILES string of the molecule is C=C(C(C)=O)[C@@]1(NC(=O)OC(C)(C)C)C(=O)N(Cc2ccccc2)c2ccc(C)cc21. The second-order valence-electron chi connectivity index (χ2n) is 8.81. The molecule has 0 radical (unpaired) electrons. The monoisotopic (exact) mass is 420 g/mol. The molecule has 0 saturated carbocycles. The predicted octanol–water partition coefficient (Wildman–Crippen LogP) is 4.41. The standard InChI is InChI=1S/C25H28N2O4/c1-16-12-13-21-20(14-16)25(17(2)18(3)28,26-23(30)31-24(4,5)6)22(29)27(21)15-19-10-8-7-9-11-19/h7-14H,2,15H2,1,3-6H3,(H,26,30)/t25-/m0/s1. The number of benzene rings is 2. The number of carbonyl (C=O) groups is 3. The van der Waals surface area contributed by atoms with Crippen LogP contribution in [-0.4, -0.2) is 23.4 Å². The number of ketones is 1. The predicted molar refractivity (Wildman–Crippen MR) is 120 cm³/mol. The maximum absolute atomic E-state index is 13.9. The summed E-state index contributed by atoms with van der Waals surface area (Å²) in [7, 11) is 0. The van der Waals surface area contributed by atoms with E-state index in [0.29, 0.717) is 17.8 Å². The van der Waals surface area contributed by atoms with Gasteiger partial charge in [0.15, 0.2) is 11.3 Å². The maximum Gasteiger partial charge on any atom is 0.409 e. The molecule has 0 aromatic heterocycles. The number of fused-ring (bicyclic) bond motifs is 1. The van der Waals surface area contributed by atoms with Gasteiger partial charge in [0.1, 0.15) is 5.60 Å². The fraction of sp³-hybridized carbons (Fsp3) is 0.320. The number of Topliss-reactive ketones (excluding diaryl/α,β-unsaturated/α-hetero) is 1. The fourth-order valence-electron chi connectivity index (χ4n) is 3.74. The Hall–Kier alpha value is -3.41. The Bertz CT molecular complexity index is 1050. The molecule has 6 nitrogen and oxygen atoms in total. The normalized spacial score (nSPS) is 17.8. The number of hydrogen-bond acceptors (Lipinski definition) is 4. The summed E-state index contributed by atoms with van der Waals surface area (Å²) < 4.78 is 5.43. The van der Waals surface area contributed by atoms with Crippen LogP contribution in [0.25, 0.3) is 0 Å². The van der Waals surface area contributed by atoms with Gasteiger partial charge in [0.25, 0.3) is 5.91 Å². The molecule has 1 atom stereocenters. The summed E-state index contributed by atoms with van der Waals surface area (Å²) in [5, 5.41) is 2.71. The Morgan fingerprint density at radius 3 is 2.35 bits per heavy atom. The Morgan fingerprint density at radius 2 is 1.77 bits per heavy atom. The van der Waals surface area contributed by atoms with Crippen molar-refractivity contribution in [2.75, 3.05) is 4.90 Å². The lowest BCUT2D eigenvalue weighted by Crippen LogP contribution is -2.56. The van der Waals surface area contributed by atoms with Crippen LogP contribution in [0.5, 0.6) is 0 Å².